The van der Waals surface area contributed by atoms with E-state index in [1.54, 1.807) is 7.11 Å². The number of methoxy groups -OCH3 is 1. The van der Waals surface area contributed by atoms with Crippen molar-refractivity contribution in [2.24, 2.45) is 10.4 Å². The van der Waals surface area contributed by atoms with E-state index in [0.29, 0.717) is 6.04 Å². The molecule has 1 saturated heterocycles. The second kappa shape index (κ2) is 10.1. The number of nitrogens with one attached hydrogen (secondary N) is 2. The third kappa shape index (κ3) is 7.36. The van der Waals surface area contributed by atoms with Crippen molar-refractivity contribution in [3.8, 4) is 0 Å². The molecule has 1 aliphatic rings. The fourth-order valence-corrected chi connectivity index (χ4v) is 3.25. The molecule has 0 aliphatic carbocycles. The summed E-state index contributed by atoms with van der Waals surface area (Å²) in [5.41, 5.74) is 0.126. The van der Waals surface area contributed by atoms with E-state index in [9.17, 15) is 0 Å². The van der Waals surface area contributed by atoms with Gasteiger partial charge >= 0.3 is 0 Å². The Labute approximate surface area is 145 Å². The average Bonchev–Trinajstić information content (AvgIpc) is 2.37. The monoisotopic (exact) mass is 415 g/mol. The summed E-state index contributed by atoms with van der Waals surface area (Å²) in [6.45, 7) is 7.35. The van der Waals surface area contributed by atoms with Crippen molar-refractivity contribution < 1.29 is 4.74 Å². The summed E-state index contributed by atoms with van der Waals surface area (Å²) in [4.78, 5) is 4.30. The minimum atomic E-state index is 0. The molecule has 120 valence electrons. The molecule has 0 radical (unpaired) electrons. The van der Waals surface area contributed by atoms with Crippen LogP contribution in [-0.2, 0) is 4.74 Å². The van der Waals surface area contributed by atoms with Crippen molar-refractivity contribution >= 4 is 41.7 Å². The molecular formula is C14H30IN3OS. The van der Waals surface area contributed by atoms with E-state index in [2.05, 4.69) is 36.4 Å². The van der Waals surface area contributed by atoms with Crippen LogP contribution in [0.4, 0.5) is 0 Å². The number of guanidine groups is 1. The van der Waals surface area contributed by atoms with Crippen LogP contribution in [0, 0.1) is 5.41 Å². The van der Waals surface area contributed by atoms with Crippen molar-refractivity contribution in [3.05, 3.63) is 0 Å². The van der Waals surface area contributed by atoms with Crippen molar-refractivity contribution in [1.82, 2.24) is 10.6 Å². The van der Waals surface area contributed by atoms with Crippen LogP contribution in [0.1, 0.15) is 33.6 Å². The van der Waals surface area contributed by atoms with Gasteiger partial charge in [0.15, 0.2) is 5.96 Å². The Morgan fingerprint density at radius 1 is 1.45 bits per heavy atom. The molecule has 2 unspecified atom stereocenters. The van der Waals surface area contributed by atoms with Crippen molar-refractivity contribution in [1.29, 1.82) is 0 Å². The van der Waals surface area contributed by atoms with E-state index < -0.39 is 0 Å². The fraction of sp³-hybridized carbons (Fsp3) is 0.929. The number of nitrogens with zero attached hydrogens (tertiary/aromatic N) is 1. The Bertz CT molecular complexity index is 289. The van der Waals surface area contributed by atoms with E-state index >= 15 is 0 Å². The third-order valence-electron chi connectivity index (χ3n) is 3.43. The molecule has 1 rings (SSSR count). The SMILES string of the molecule is CN=C(NCC(OC)C(C)(C)C)NC1CCCSC1.I. The van der Waals surface area contributed by atoms with Crippen LogP contribution >= 0.6 is 35.7 Å². The minimum Gasteiger partial charge on any atom is -0.379 e. The van der Waals surface area contributed by atoms with Gasteiger partial charge < -0.3 is 15.4 Å². The van der Waals surface area contributed by atoms with Gasteiger partial charge in [0.2, 0.25) is 0 Å². The van der Waals surface area contributed by atoms with Crippen LogP contribution in [0.25, 0.3) is 0 Å². The Hall–Kier alpha value is 0.310. The van der Waals surface area contributed by atoms with Gasteiger partial charge in [-0.25, -0.2) is 0 Å². The first-order chi connectivity index (χ1) is 8.97. The van der Waals surface area contributed by atoms with Crippen molar-refractivity contribution in [2.45, 2.75) is 45.8 Å². The highest BCUT2D eigenvalue weighted by Crippen LogP contribution is 2.21. The maximum Gasteiger partial charge on any atom is 0.191 e. The smallest absolute Gasteiger partial charge is 0.191 e. The van der Waals surface area contributed by atoms with Crippen LogP contribution in [-0.4, -0.2) is 50.3 Å². The summed E-state index contributed by atoms with van der Waals surface area (Å²) in [6, 6.07) is 0.542. The molecule has 0 amide bonds. The summed E-state index contributed by atoms with van der Waals surface area (Å²) in [7, 11) is 3.59. The quantitative estimate of drug-likeness (QED) is 0.421. The fourth-order valence-electron chi connectivity index (χ4n) is 2.17. The third-order valence-corrected chi connectivity index (χ3v) is 4.65. The van der Waals surface area contributed by atoms with Crippen LogP contribution in [0.5, 0.6) is 0 Å². The lowest BCUT2D eigenvalue weighted by molar-refractivity contribution is 0.0205. The molecule has 4 nitrogen and oxygen atoms in total. The largest absolute Gasteiger partial charge is 0.379 e. The topological polar surface area (TPSA) is 45.7 Å². The normalized spacial score (nSPS) is 21.9. The van der Waals surface area contributed by atoms with E-state index in [1.807, 2.05) is 18.8 Å². The van der Waals surface area contributed by atoms with E-state index in [1.165, 1.54) is 24.3 Å². The number of hydrogen-bond acceptors (Lipinski definition) is 3. The molecular weight excluding hydrogens is 385 g/mol. The second-order valence-electron chi connectivity index (χ2n) is 6.10. The molecule has 0 aromatic rings. The highest BCUT2D eigenvalue weighted by Gasteiger charge is 2.24. The molecule has 2 N–H and O–H groups in total. The van der Waals surface area contributed by atoms with Crippen LogP contribution in [0.3, 0.4) is 0 Å². The van der Waals surface area contributed by atoms with Gasteiger partial charge in [-0.3, -0.25) is 4.99 Å². The molecule has 0 aromatic carbocycles. The van der Waals surface area contributed by atoms with Gasteiger partial charge in [0.1, 0.15) is 0 Å². The Morgan fingerprint density at radius 2 is 2.15 bits per heavy atom. The number of ether oxygens (including phenoxy) is 1. The van der Waals surface area contributed by atoms with E-state index in [0.717, 1.165) is 12.5 Å². The minimum absolute atomic E-state index is 0. The molecule has 2 atom stereocenters. The van der Waals surface area contributed by atoms with Gasteiger partial charge in [-0.1, -0.05) is 20.8 Å². The number of hydrogen-bond donors (Lipinski definition) is 2. The molecule has 1 heterocycles. The Morgan fingerprint density at radius 3 is 2.60 bits per heavy atom. The predicted molar refractivity (Wildman–Crippen MR) is 101 cm³/mol. The van der Waals surface area contributed by atoms with Gasteiger partial charge in [-0.15, -0.1) is 24.0 Å². The maximum atomic E-state index is 5.55. The van der Waals surface area contributed by atoms with Gasteiger partial charge in [-0.05, 0) is 24.0 Å². The summed E-state index contributed by atoms with van der Waals surface area (Å²) in [6.07, 6.45) is 2.70. The molecule has 1 fully saturated rings. The van der Waals surface area contributed by atoms with Crippen LogP contribution in [0.2, 0.25) is 0 Å². The number of halogens is 1. The van der Waals surface area contributed by atoms with Crippen LogP contribution in [0.15, 0.2) is 4.99 Å². The first-order valence-electron chi connectivity index (χ1n) is 7.05. The zero-order valence-corrected chi connectivity index (χ0v) is 16.5. The summed E-state index contributed by atoms with van der Waals surface area (Å²) < 4.78 is 5.55. The standard InChI is InChI=1S/C14H29N3OS.HI/c1-14(2,3)12(18-5)9-16-13(15-4)17-11-7-6-8-19-10-11;/h11-12H,6-10H2,1-5H3,(H2,15,16,17);1H. The van der Waals surface area contributed by atoms with Crippen LogP contribution < -0.4 is 10.6 Å². The lowest BCUT2D eigenvalue weighted by Gasteiger charge is -2.31. The molecule has 1 aliphatic heterocycles. The highest BCUT2D eigenvalue weighted by molar-refractivity contribution is 14.0. The molecule has 0 saturated carbocycles. The Kier molecular flexibility index (Phi) is 10.3. The first kappa shape index (κ1) is 20.3. The highest BCUT2D eigenvalue weighted by atomic mass is 127. The second-order valence-corrected chi connectivity index (χ2v) is 7.25. The average molecular weight is 415 g/mol. The molecule has 0 aromatic heterocycles. The molecule has 0 spiro atoms. The lowest BCUT2D eigenvalue weighted by atomic mass is 9.89. The number of thioether (sulfide) groups is 1. The van der Waals surface area contributed by atoms with E-state index in [4.69, 9.17) is 4.74 Å². The number of aliphatic imine (C=N–C) groups is 1. The number of rotatable bonds is 4. The first-order valence-corrected chi connectivity index (χ1v) is 8.20. The maximum absolute atomic E-state index is 5.55. The van der Waals surface area contributed by atoms with Crippen molar-refractivity contribution in [2.75, 3.05) is 32.2 Å². The molecule has 6 heteroatoms. The summed E-state index contributed by atoms with van der Waals surface area (Å²) in [5, 5.41) is 6.88. The van der Waals surface area contributed by atoms with Gasteiger partial charge in [0, 0.05) is 32.5 Å². The molecule has 0 bridgehead atoms. The molecule has 20 heavy (non-hydrogen) atoms. The predicted octanol–water partition coefficient (Wildman–Crippen LogP) is 2.73. The van der Waals surface area contributed by atoms with Gasteiger partial charge in [0.05, 0.1) is 6.10 Å². The zero-order valence-electron chi connectivity index (χ0n) is 13.4. The van der Waals surface area contributed by atoms with Gasteiger partial charge in [-0.2, -0.15) is 11.8 Å². The van der Waals surface area contributed by atoms with Gasteiger partial charge in [0.25, 0.3) is 0 Å². The zero-order chi connectivity index (χ0) is 14.3. The van der Waals surface area contributed by atoms with Crippen molar-refractivity contribution in [3.63, 3.8) is 0 Å². The Balaban J connectivity index is 0.00000361. The lowest BCUT2D eigenvalue weighted by Crippen LogP contribution is -2.49. The summed E-state index contributed by atoms with van der Waals surface area (Å²) >= 11 is 2.02. The summed E-state index contributed by atoms with van der Waals surface area (Å²) in [5.74, 6) is 3.35. The van der Waals surface area contributed by atoms with E-state index in [-0.39, 0.29) is 35.5 Å².